The van der Waals surface area contributed by atoms with Crippen LogP contribution in [0.4, 0.5) is 18.9 Å². The molecule has 2 rings (SSSR count). The molecule has 1 N–H and O–H groups in total. The maximum Gasteiger partial charge on any atom is 0.471 e. The minimum absolute atomic E-state index is 0.109. The first-order chi connectivity index (χ1) is 13.2. The number of nitrogens with one attached hydrogen (secondary N) is 1. The van der Waals surface area contributed by atoms with Crippen molar-refractivity contribution in [3.63, 3.8) is 0 Å². The van der Waals surface area contributed by atoms with E-state index in [9.17, 15) is 18.0 Å². The fourth-order valence-electron chi connectivity index (χ4n) is 2.63. The molecule has 2 aromatic carbocycles. The van der Waals surface area contributed by atoms with Gasteiger partial charge < -0.3 is 24.3 Å². The number of alkyl halides is 3. The Morgan fingerprint density at radius 1 is 0.929 bits per heavy atom. The quantitative estimate of drug-likeness (QED) is 0.764. The average molecular weight is 399 g/mol. The fraction of sp³-hybridized carbons (Fsp3) is 0.316. The van der Waals surface area contributed by atoms with Crippen molar-refractivity contribution >= 4 is 11.6 Å². The molecule has 0 aliphatic heterocycles. The molecule has 152 valence electrons. The van der Waals surface area contributed by atoms with E-state index in [-0.39, 0.29) is 22.7 Å². The second-order valence-corrected chi connectivity index (χ2v) is 5.64. The highest BCUT2D eigenvalue weighted by Gasteiger charge is 2.39. The number of amides is 1. The SMILES string of the molecule is COc1ccc(C(OC)c2cc(OC)c(OC)cc2NC(=O)C(F)(F)F)cc1. The summed E-state index contributed by atoms with van der Waals surface area (Å²) >= 11 is 0. The van der Waals surface area contributed by atoms with E-state index in [1.165, 1.54) is 40.6 Å². The van der Waals surface area contributed by atoms with Crippen molar-refractivity contribution in [3.05, 3.63) is 47.5 Å². The molecule has 28 heavy (non-hydrogen) atoms. The fourth-order valence-corrected chi connectivity index (χ4v) is 2.63. The molecule has 0 saturated heterocycles. The zero-order chi connectivity index (χ0) is 20.9. The molecule has 1 unspecified atom stereocenters. The highest BCUT2D eigenvalue weighted by atomic mass is 19.4. The van der Waals surface area contributed by atoms with Crippen LogP contribution in [0.2, 0.25) is 0 Å². The highest BCUT2D eigenvalue weighted by Crippen LogP contribution is 2.40. The molecule has 0 aromatic heterocycles. The number of hydrogen-bond donors (Lipinski definition) is 1. The summed E-state index contributed by atoms with van der Waals surface area (Å²) in [4.78, 5) is 11.5. The van der Waals surface area contributed by atoms with Gasteiger partial charge in [0.15, 0.2) is 11.5 Å². The average Bonchev–Trinajstić information content (AvgIpc) is 2.68. The molecule has 6 nitrogen and oxygen atoms in total. The van der Waals surface area contributed by atoms with E-state index >= 15 is 0 Å². The van der Waals surface area contributed by atoms with Gasteiger partial charge in [-0.2, -0.15) is 13.2 Å². The lowest BCUT2D eigenvalue weighted by Crippen LogP contribution is -2.30. The molecule has 0 saturated carbocycles. The lowest BCUT2D eigenvalue weighted by molar-refractivity contribution is -0.167. The first-order valence-electron chi connectivity index (χ1n) is 8.06. The van der Waals surface area contributed by atoms with Gasteiger partial charge in [0.05, 0.1) is 27.0 Å². The second kappa shape index (κ2) is 8.83. The Morgan fingerprint density at radius 3 is 1.96 bits per heavy atom. The lowest BCUT2D eigenvalue weighted by Gasteiger charge is -2.22. The minimum atomic E-state index is -5.05. The number of carbonyl (C=O) groups is 1. The molecule has 2 aromatic rings. The molecule has 0 heterocycles. The van der Waals surface area contributed by atoms with Crippen LogP contribution in [0.5, 0.6) is 17.2 Å². The van der Waals surface area contributed by atoms with Crippen LogP contribution in [0.15, 0.2) is 36.4 Å². The number of hydrogen-bond acceptors (Lipinski definition) is 5. The number of benzene rings is 2. The van der Waals surface area contributed by atoms with Crippen molar-refractivity contribution in [2.45, 2.75) is 12.3 Å². The van der Waals surface area contributed by atoms with E-state index in [2.05, 4.69) is 0 Å². The highest BCUT2D eigenvalue weighted by molar-refractivity contribution is 5.96. The third-order valence-corrected chi connectivity index (χ3v) is 4.00. The third kappa shape index (κ3) is 4.66. The molecule has 1 amide bonds. The number of rotatable bonds is 7. The van der Waals surface area contributed by atoms with Crippen LogP contribution in [0.1, 0.15) is 17.2 Å². The largest absolute Gasteiger partial charge is 0.497 e. The molecule has 1 atom stereocenters. The standard InChI is InChI=1S/C19H20F3NO5/c1-25-12-7-5-11(6-8-12)17(28-4)13-9-15(26-2)16(27-3)10-14(13)23-18(24)19(20,21)22/h5-10,17H,1-4H3,(H,23,24). The summed E-state index contributed by atoms with van der Waals surface area (Å²) in [6.07, 6.45) is -5.83. The zero-order valence-electron chi connectivity index (χ0n) is 15.7. The van der Waals surface area contributed by atoms with Gasteiger partial charge in [0, 0.05) is 18.7 Å². The van der Waals surface area contributed by atoms with Crippen LogP contribution in [0.25, 0.3) is 0 Å². The first-order valence-corrected chi connectivity index (χ1v) is 8.06. The first kappa shape index (κ1) is 21.4. The second-order valence-electron chi connectivity index (χ2n) is 5.64. The summed E-state index contributed by atoms with van der Waals surface area (Å²) in [5.74, 6) is -1.06. The van der Waals surface area contributed by atoms with Gasteiger partial charge >= 0.3 is 12.1 Å². The number of carbonyl (C=O) groups excluding carboxylic acids is 1. The number of methoxy groups -OCH3 is 4. The van der Waals surface area contributed by atoms with Gasteiger partial charge in [-0.15, -0.1) is 0 Å². The van der Waals surface area contributed by atoms with E-state index in [0.29, 0.717) is 11.3 Å². The molecule has 9 heteroatoms. The van der Waals surface area contributed by atoms with E-state index in [1.807, 2.05) is 5.32 Å². The van der Waals surface area contributed by atoms with Gasteiger partial charge in [0.2, 0.25) is 0 Å². The van der Waals surface area contributed by atoms with E-state index < -0.39 is 18.2 Å². The van der Waals surface area contributed by atoms with Crippen molar-refractivity contribution < 1.29 is 36.9 Å². The predicted octanol–water partition coefficient (Wildman–Crippen LogP) is 3.95. The Labute approximate surface area is 160 Å². The summed E-state index contributed by atoms with van der Waals surface area (Å²) in [6, 6.07) is 9.51. The van der Waals surface area contributed by atoms with Crippen molar-refractivity contribution in [1.82, 2.24) is 0 Å². The third-order valence-electron chi connectivity index (χ3n) is 4.00. The zero-order valence-corrected chi connectivity index (χ0v) is 15.7. The van der Waals surface area contributed by atoms with Crippen LogP contribution >= 0.6 is 0 Å². The topological polar surface area (TPSA) is 66.0 Å². The van der Waals surface area contributed by atoms with Gasteiger partial charge in [0.1, 0.15) is 11.9 Å². The van der Waals surface area contributed by atoms with E-state index in [1.54, 1.807) is 24.3 Å². The predicted molar refractivity (Wildman–Crippen MR) is 96.1 cm³/mol. The summed E-state index contributed by atoms with van der Waals surface area (Å²) < 4.78 is 59.3. The molecule has 0 fully saturated rings. The van der Waals surface area contributed by atoms with Crippen LogP contribution in [-0.4, -0.2) is 40.5 Å². The van der Waals surface area contributed by atoms with Crippen LogP contribution in [-0.2, 0) is 9.53 Å². The van der Waals surface area contributed by atoms with Crippen LogP contribution < -0.4 is 19.5 Å². The lowest BCUT2D eigenvalue weighted by atomic mass is 9.98. The van der Waals surface area contributed by atoms with Crippen molar-refractivity contribution in [2.75, 3.05) is 33.8 Å². The monoisotopic (exact) mass is 399 g/mol. The van der Waals surface area contributed by atoms with Gasteiger partial charge in [-0.05, 0) is 23.8 Å². The molecule has 0 spiro atoms. The van der Waals surface area contributed by atoms with Gasteiger partial charge in [-0.25, -0.2) is 0 Å². The minimum Gasteiger partial charge on any atom is -0.497 e. The molecule has 0 aliphatic rings. The Hall–Kier alpha value is -2.94. The van der Waals surface area contributed by atoms with Crippen molar-refractivity contribution in [2.24, 2.45) is 0 Å². The normalized spacial score (nSPS) is 12.2. The Morgan fingerprint density at radius 2 is 1.50 bits per heavy atom. The maximum absolute atomic E-state index is 12.8. The summed E-state index contributed by atoms with van der Waals surface area (Å²) in [6.45, 7) is 0. The van der Waals surface area contributed by atoms with Crippen molar-refractivity contribution in [1.29, 1.82) is 0 Å². The summed E-state index contributed by atoms with van der Waals surface area (Å²) in [7, 11) is 5.65. The Balaban J connectivity index is 2.58. The van der Waals surface area contributed by atoms with Gasteiger partial charge in [0.25, 0.3) is 0 Å². The maximum atomic E-state index is 12.8. The smallest absolute Gasteiger partial charge is 0.471 e. The van der Waals surface area contributed by atoms with Crippen LogP contribution in [0, 0.1) is 0 Å². The number of halogens is 3. The Kier molecular flexibility index (Phi) is 6.74. The van der Waals surface area contributed by atoms with Gasteiger partial charge in [-0.1, -0.05) is 12.1 Å². The molecule has 0 bridgehead atoms. The molecular weight excluding hydrogens is 379 g/mol. The molecule has 0 aliphatic carbocycles. The molecular formula is C19H20F3NO5. The number of ether oxygens (including phenoxy) is 4. The van der Waals surface area contributed by atoms with E-state index in [4.69, 9.17) is 18.9 Å². The Bertz CT molecular complexity index is 822. The molecule has 0 radical (unpaired) electrons. The van der Waals surface area contributed by atoms with Crippen molar-refractivity contribution in [3.8, 4) is 17.2 Å². The van der Waals surface area contributed by atoms with E-state index in [0.717, 1.165) is 0 Å². The van der Waals surface area contributed by atoms with Crippen LogP contribution in [0.3, 0.4) is 0 Å². The van der Waals surface area contributed by atoms with Gasteiger partial charge in [-0.3, -0.25) is 4.79 Å². The summed E-state index contributed by atoms with van der Waals surface area (Å²) in [5, 5.41) is 1.88. The summed E-state index contributed by atoms with van der Waals surface area (Å²) in [5.41, 5.74) is 0.795. The number of anilines is 1.